The van der Waals surface area contributed by atoms with E-state index in [9.17, 15) is 9.90 Å². The highest BCUT2D eigenvalue weighted by Crippen LogP contribution is 2.31. The first kappa shape index (κ1) is 15.4. The summed E-state index contributed by atoms with van der Waals surface area (Å²) >= 11 is 1.66. The number of rotatable bonds is 5. The molecule has 1 fully saturated rings. The fourth-order valence-corrected chi connectivity index (χ4v) is 3.59. The Kier molecular flexibility index (Phi) is 5.16. The molecule has 1 heterocycles. The molecule has 2 rings (SSSR count). The normalized spacial score (nSPS) is 17.9. The minimum atomic E-state index is -0.777. The van der Waals surface area contributed by atoms with E-state index in [2.05, 4.69) is 11.9 Å². The summed E-state index contributed by atoms with van der Waals surface area (Å²) in [6.45, 7) is 2.64. The van der Waals surface area contributed by atoms with Gasteiger partial charge in [-0.2, -0.15) is 0 Å². The van der Waals surface area contributed by atoms with Gasteiger partial charge in [0.05, 0.1) is 18.6 Å². The van der Waals surface area contributed by atoms with Crippen LogP contribution in [0.4, 0.5) is 0 Å². The quantitative estimate of drug-likeness (QED) is 0.909. The molecular weight excluding hydrogens is 272 g/mol. The number of hydrogen-bond acceptors (Lipinski definition) is 4. The highest BCUT2D eigenvalue weighted by molar-refractivity contribution is 7.11. The molecular formula is C15H24N2O2S. The lowest BCUT2D eigenvalue weighted by Crippen LogP contribution is -2.39. The first-order chi connectivity index (χ1) is 9.52. The lowest BCUT2D eigenvalue weighted by Gasteiger charge is -2.32. The van der Waals surface area contributed by atoms with Gasteiger partial charge in [-0.3, -0.25) is 4.79 Å². The van der Waals surface area contributed by atoms with Gasteiger partial charge >= 0.3 is 0 Å². The molecule has 1 amide bonds. The zero-order valence-corrected chi connectivity index (χ0v) is 13.2. The summed E-state index contributed by atoms with van der Waals surface area (Å²) in [6.07, 6.45) is 7.84. The lowest BCUT2D eigenvalue weighted by molar-refractivity contribution is -0.137. The Morgan fingerprint density at radius 2 is 2.15 bits per heavy atom. The number of amides is 1. The van der Waals surface area contributed by atoms with Crippen LogP contribution in [0.25, 0.3) is 0 Å². The first-order valence-electron chi connectivity index (χ1n) is 7.42. The first-order valence-corrected chi connectivity index (χ1v) is 8.24. The molecule has 0 unspecified atom stereocenters. The van der Waals surface area contributed by atoms with Gasteiger partial charge in [-0.25, -0.2) is 4.98 Å². The van der Waals surface area contributed by atoms with E-state index in [0.29, 0.717) is 6.54 Å². The smallest absolute Gasteiger partial charge is 0.225 e. The number of aromatic nitrogens is 1. The van der Waals surface area contributed by atoms with Crippen LogP contribution in [0.1, 0.15) is 55.3 Å². The third-order valence-corrected chi connectivity index (χ3v) is 5.14. The van der Waals surface area contributed by atoms with E-state index in [-0.39, 0.29) is 12.3 Å². The van der Waals surface area contributed by atoms with Gasteiger partial charge in [0.2, 0.25) is 5.91 Å². The van der Waals surface area contributed by atoms with Crippen molar-refractivity contribution in [2.75, 3.05) is 7.05 Å². The van der Waals surface area contributed by atoms with Crippen LogP contribution in [0.2, 0.25) is 0 Å². The number of hydrogen-bond donors (Lipinski definition) is 1. The van der Waals surface area contributed by atoms with Crippen molar-refractivity contribution in [2.45, 2.75) is 64.0 Å². The SMILES string of the molecule is CCc1cnc(CN(C)C(=O)CC2(O)CCCCC2)s1. The Morgan fingerprint density at radius 3 is 2.75 bits per heavy atom. The van der Waals surface area contributed by atoms with Crippen molar-refractivity contribution < 1.29 is 9.90 Å². The van der Waals surface area contributed by atoms with Crippen molar-refractivity contribution >= 4 is 17.2 Å². The fourth-order valence-electron chi connectivity index (χ4n) is 2.68. The molecule has 1 aliphatic rings. The number of thiazole rings is 1. The second-order valence-electron chi connectivity index (χ2n) is 5.79. The van der Waals surface area contributed by atoms with Crippen molar-refractivity contribution in [3.05, 3.63) is 16.1 Å². The molecule has 0 saturated heterocycles. The molecule has 1 aliphatic carbocycles. The van der Waals surface area contributed by atoms with E-state index in [4.69, 9.17) is 0 Å². The predicted molar refractivity (Wildman–Crippen MR) is 80.6 cm³/mol. The molecule has 0 bridgehead atoms. The molecule has 1 aromatic rings. The van der Waals surface area contributed by atoms with Gasteiger partial charge in [-0.05, 0) is 19.3 Å². The van der Waals surface area contributed by atoms with Gasteiger partial charge < -0.3 is 10.0 Å². The van der Waals surface area contributed by atoms with Crippen LogP contribution in [0.3, 0.4) is 0 Å². The van der Waals surface area contributed by atoms with E-state index in [1.807, 2.05) is 6.20 Å². The maximum absolute atomic E-state index is 12.2. The Morgan fingerprint density at radius 1 is 1.45 bits per heavy atom. The second kappa shape index (κ2) is 6.68. The van der Waals surface area contributed by atoms with Crippen molar-refractivity contribution in [2.24, 2.45) is 0 Å². The third kappa shape index (κ3) is 4.03. The standard InChI is InChI=1S/C15H24N2O2S/c1-3-12-10-16-13(20-12)11-17(2)14(18)9-15(19)7-5-4-6-8-15/h10,19H,3-9,11H2,1-2H3. The average Bonchev–Trinajstić information content (AvgIpc) is 2.86. The summed E-state index contributed by atoms with van der Waals surface area (Å²) in [5.41, 5.74) is -0.777. The van der Waals surface area contributed by atoms with E-state index in [1.165, 1.54) is 11.3 Å². The molecule has 0 aliphatic heterocycles. The molecule has 1 saturated carbocycles. The van der Waals surface area contributed by atoms with Gasteiger partial charge in [-0.15, -0.1) is 11.3 Å². The average molecular weight is 296 g/mol. The molecule has 1 N–H and O–H groups in total. The van der Waals surface area contributed by atoms with Gasteiger partial charge in [-0.1, -0.05) is 26.2 Å². The Labute approximate surface area is 124 Å². The molecule has 0 atom stereocenters. The van der Waals surface area contributed by atoms with Crippen molar-refractivity contribution in [1.82, 2.24) is 9.88 Å². The van der Waals surface area contributed by atoms with E-state index < -0.39 is 5.60 Å². The van der Waals surface area contributed by atoms with Crippen molar-refractivity contribution in [1.29, 1.82) is 0 Å². The zero-order chi connectivity index (χ0) is 14.6. The van der Waals surface area contributed by atoms with E-state index in [1.54, 1.807) is 23.3 Å². The lowest BCUT2D eigenvalue weighted by atomic mass is 9.82. The summed E-state index contributed by atoms with van der Waals surface area (Å²) in [6, 6.07) is 0. The molecule has 0 aromatic carbocycles. The molecule has 0 spiro atoms. The summed E-state index contributed by atoms with van der Waals surface area (Å²) in [5.74, 6) is 0.0163. The van der Waals surface area contributed by atoms with Gasteiger partial charge in [0, 0.05) is 18.1 Å². The highest BCUT2D eigenvalue weighted by Gasteiger charge is 2.32. The zero-order valence-electron chi connectivity index (χ0n) is 12.4. The van der Waals surface area contributed by atoms with E-state index in [0.717, 1.165) is 37.1 Å². The van der Waals surface area contributed by atoms with Crippen LogP contribution in [0.15, 0.2) is 6.20 Å². The van der Waals surface area contributed by atoms with Crippen molar-refractivity contribution in [3.8, 4) is 0 Å². The predicted octanol–water partition coefficient (Wildman–Crippen LogP) is 2.75. The number of aliphatic hydroxyl groups is 1. The van der Waals surface area contributed by atoms with E-state index >= 15 is 0 Å². The highest BCUT2D eigenvalue weighted by atomic mass is 32.1. The monoisotopic (exact) mass is 296 g/mol. The number of nitrogens with zero attached hydrogens (tertiary/aromatic N) is 2. The van der Waals surface area contributed by atoms with Crippen LogP contribution < -0.4 is 0 Å². The van der Waals surface area contributed by atoms with Gasteiger partial charge in [0.25, 0.3) is 0 Å². The minimum absolute atomic E-state index is 0.0163. The Bertz CT molecular complexity index is 452. The maximum atomic E-state index is 12.2. The third-order valence-electron chi connectivity index (χ3n) is 4.01. The molecule has 4 nitrogen and oxygen atoms in total. The van der Waals surface area contributed by atoms with Crippen molar-refractivity contribution in [3.63, 3.8) is 0 Å². The van der Waals surface area contributed by atoms with Crippen LogP contribution in [-0.4, -0.2) is 33.5 Å². The maximum Gasteiger partial charge on any atom is 0.225 e. The fraction of sp³-hybridized carbons (Fsp3) is 0.733. The molecule has 1 aromatic heterocycles. The Balaban J connectivity index is 1.88. The summed E-state index contributed by atoms with van der Waals surface area (Å²) < 4.78 is 0. The summed E-state index contributed by atoms with van der Waals surface area (Å²) in [4.78, 5) is 19.5. The Hall–Kier alpha value is -0.940. The van der Waals surface area contributed by atoms with Gasteiger partial charge in [0.1, 0.15) is 5.01 Å². The summed E-state index contributed by atoms with van der Waals surface area (Å²) in [7, 11) is 1.79. The number of carbonyl (C=O) groups is 1. The molecule has 20 heavy (non-hydrogen) atoms. The molecule has 0 radical (unpaired) electrons. The second-order valence-corrected chi connectivity index (χ2v) is 6.99. The largest absolute Gasteiger partial charge is 0.389 e. The molecule has 112 valence electrons. The number of carbonyl (C=O) groups excluding carboxylic acids is 1. The van der Waals surface area contributed by atoms with Crippen LogP contribution in [-0.2, 0) is 17.8 Å². The van der Waals surface area contributed by atoms with Crippen LogP contribution in [0.5, 0.6) is 0 Å². The van der Waals surface area contributed by atoms with Gasteiger partial charge in [0.15, 0.2) is 0 Å². The summed E-state index contributed by atoms with van der Waals surface area (Å²) in [5, 5.41) is 11.4. The van der Waals surface area contributed by atoms with Crippen LogP contribution >= 0.6 is 11.3 Å². The molecule has 5 heteroatoms. The topological polar surface area (TPSA) is 53.4 Å². The number of aryl methyl sites for hydroxylation is 1. The minimum Gasteiger partial charge on any atom is -0.389 e. The van der Waals surface area contributed by atoms with Crippen LogP contribution in [0, 0.1) is 0 Å².